The molecule has 21 heavy (non-hydrogen) atoms. The van der Waals surface area contributed by atoms with Gasteiger partial charge in [-0.1, -0.05) is 24.3 Å². The lowest BCUT2D eigenvalue weighted by molar-refractivity contribution is 0.455. The van der Waals surface area contributed by atoms with E-state index in [-0.39, 0.29) is 5.75 Å². The second kappa shape index (κ2) is 6.51. The van der Waals surface area contributed by atoms with Gasteiger partial charge in [0, 0.05) is 12.6 Å². The number of aryl methyl sites for hydroxylation is 1. The zero-order valence-electron chi connectivity index (χ0n) is 11.6. The molecule has 1 aliphatic carbocycles. The molecule has 0 radical (unpaired) electrons. The molecule has 110 valence electrons. The van der Waals surface area contributed by atoms with Gasteiger partial charge >= 0.3 is 0 Å². The van der Waals surface area contributed by atoms with Crippen molar-refractivity contribution in [1.29, 1.82) is 0 Å². The molecule has 0 amide bonds. The number of nitrogens with one attached hydrogen (secondary N) is 1. The minimum absolute atomic E-state index is 0.255. The van der Waals surface area contributed by atoms with E-state index in [0.29, 0.717) is 6.04 Å². The second-order valence-electron chi connectivity index (χ2n) is 5.50. The van der Waals surface area contributed by atoms with Gasteiger partial charge in [0.25, 0.3) is 0 Å². The third-order valence-electron chi connectivity index (χ3n) is 4.02. The number of halogens is 2. The number of phenolic OH excluding ortho intramolecular Hbond substituents is 1. The number of fused-ring (bicyclic) bond motifs is 1. The number of phenols is 1. The molecule has 2 aromatic rings. The van der Waals surface area contributed by atoms with Crippen LogP contribution in [-0.4, -0.2) is 11.1 Å². The van der Waals surface area contributed by atoms with Gasteiger partial charge in [0.15, 0.2) is 0 Å². The van der Waals surface area contributed by atoms with Crippen LogP contribution in [0.1, 0.15) is 23.1 Å². The predicted molar refractivity (Wildman–Crippen MR) is 92.6 cm³/mol. The summed E-state index contributed by atoms with van der Waals surface area (Å²) in [5.41, 5.74) is 4.12. The van der Waals surface area contributed by atoms with E-state index in [0.717, 1.165) is 33.9 Å². The van der Waals surface area contributed by atoms with Gasteiger partial charge in [-0.25, -0.2) is 0 Å². The number of hydrogen-bond donors (Lipinski definition) is 2. The van der Waals surface area contributed by atoms with Crippen molar-refractivity contribution in [2.75, 3.05) is 0 Å². The molecule has 0 fully saturated rings. The molecule has 0 spiro atoms. The van der Waals surface area contributed by atoms with E-state index in [1.807, 2.05) is 12.1 Å². The lowest BCUT2D eigenvalue weighted by Crippen LogP contribution is -2.34. The topological polar surface area (TPSA) is 32.3 Å². The van der Waals surface area contributed by atoms with Crippen LogP contribution in [0.2, 0.25) is 0 Å². The highest BCUT2D eigenvalue weighted by atomic mass is 79.9. The summed E-state index contributed by atoms with van der Waals surface area (Å²) < 4.78 is 1.45. The number of hydrogen-bond acceptors (Lipinski definition) is 2. The predicted octanol–water partition coefficient (Wildman–Crippen LogP) is 4.56. The Morgan fingerprint density at radius 2 is 1.76 bits per heavy atom. The van der Waals surface area contributed by atoms with Crippen LogP contribution in [0.4, 0.5) is 0 Å². The van der Waals surface area contributed by atoms with Crippen molar-refractivity contribution < 1.29 is 5.11 Å². The monoisotopic (exact) mass is 409 g/mol. The normalized spacial score (nSPS) is 17.5. The highest BCUT2D eigenvalue weighted by Gasteiger charge is 2.17. The molecule has 0 saturated carbocycles. The SMILES string of the molecule is Oc1c(Br)cc(CNC2CCc3ccccc3C2)cc1Br. The van der Waals surface area contributed by atoms with Crippen molar-refractivity contribution in [3.8, 4) is 5.75 Å². The Kier molecular flexibility index (Phi) is 4.67. The van der Waals surface area contributed by atoms with Crippen LogP contribution in [0.25, 0.3) is 0 Å². The highest BCUT2D eigenvalue weighted by Crippen LogP contribution is 2.33. The number of rotatable bonds is 3. The van der Waals surface area contributed by atoms with Gasteiger partial charge in [0.2, 0.25) is 0 Å². The van der Waals surface area contributed by atoms with Gasteiger partial charge in [-0.3, -0.25) is 0 Å². The minimum atomic E-state index is 0.255. The Morgan fingerprint density at radius 3 is 2.48 bits per heavy atom. The van der Waals surface area contributed by atoms with Gasteiger partial charge in [-0.05, 0) is 79.9 Å². The number of aromatic hydroxyl groups is 1. The first kappa shape index (κ1) is 15.1. The van der Waals surface area contributed by atoms with Gasteiger partial charge in [0.05, 0.1) is 8.95 Å². The maximum atomic E-state index is 9.74. The Balaban J connectivity index is 1.64. The summed E-state index contributed by atoms with van der Waals surface area (Å²) in [6.45, 7) is 0.810. The standard InChI is InChI=1S/C17H17Br2NO/c18-15-7-11(8-16(19)17(15)21)10-20-14-6-5-12-3-1-2-4-13(12)9-14/h1-4,7-8,14,20-21H,5-6,9-10H2. The summed E-state index contributed by atoms with van der Waals surface area (Å²) in [5, 5.41) is 13.4. The van der Waals surface area contributed by atoms with E-state index in [1.165, 1.54) is 17.5 Å². The maximum absolute atomic E-state index is 9.74. The molecule has 1 atom stereocenters. The molecular weight excluding hydrogens is 394 g/mol. The summed E-state index contributed by atoms with van der Waals surface area (Å²) >= 11 is 6.75. The zero-order valence-corrected chi connectivity index (χ0v) is 14.7. The van der Waals surface area contributed by atoms with E-state index in [4.69, 9.17) is 0 Å². The van der Waals surface area contributed by atoms with E-state index < -0.39 is 0 Å². The van der Waals surface area contributed by atoms with E-state index in [9.17, 15) is 5.11 Å². The van der Waals surface area contributed by atoms with Gasteiger partial charge in [0.1, 0.15) is 5.75 Å². The van der Waals surface area contributed by atoms with E-state index in [1.54, 1.807) is 0 Å². The average Bonchev–Trinajstić information content (AvgIpc) is 2.50. The van der Waals surface area contributed by atoms with Crippen LogP contribution >= 0.6 is 31.9 Å². The quantitative estimate of drug-likeness (QED) is 0.776. The molecule has 2 nitrogen and oxygen atoms in total. The van der Waals surface area contributed by atoms with Gasteiger partial charge in [-0.2, -0.15) is 0 Å². The third kappa shape index (κ3) is 3.50. The molecular formula is C17H17Br2NO. The third-order valence-corrected chi connectivity index (χ3v) is 5.23. The van der Waals surface area contributed by atoms with Crippen LogP contribution < -0.4 is 5.32 Å². The first-order chi connectivity index (χ1) is 10.1. The lowest BCUT2D eigenvalue weighted by atomic mass is 9.88. The molecule has 3 rings (SSSR count). The van der Waals surface area contributed by atoms with Crippen molar-refractivity contribution in [3.05, 3.63) is 62.0 Å². The maximum Gasteiger partial charge on any atom is 0.143 e. The average molecular weight is 411 g/mol. The Morgan fingerprint density at radius 1 is 1.10 bits per heavy atom. The van der Waals surface area contributed by atoms with Gasteiger partial charge in [-0.15, -0.1) is 0 Å². The zero-order chi connectivity index (χ0) is 14.8. The fourth-order valence-electron chi connectivity index (χ4n) is 2.85. The van der Waals surface area contributed by atoms with Crippen LogP contribution in [0.15, 0.2) is 45.3 Å². The lowest BCUT2D eigenvalue weighted by Gasteiger charge is -2.25. The summed E-state index contributed by atoms with van der Waals surface area (Å²) in [5.74, 6) is 0.255. The molecule has 0 aliphatic heterocycles. The Bertz CT molecular complexity index is 634. The molecule has 2 aromatic carbocycles. The van der Waals surface area contributed by atoms with Gasteiger partial charge < -0.3 is 10.4 Å². The summed E-state index contributed by atoms with van der Waals surface area (Å²) in [6, 6.07) is 13.2. The van der Waals surface area contributed by atoms with Crippen LogP contribution in [0.3, 0.4) is 0 Å². The molecule has 1 unspecified atom stereocenters. The molecule has 0 saturated heterocycles. The van der Waals surface area contributed by atoms with Crippen molar-refractivity contribution in [3.63, 3.8) is 0 Å². The number of benzene rings is 2. The summed E-state index contributed by atoms with van der Waals surface area (Å²) in [7, 11) is 0. The minimum Gasteiger partial charge on any atom is -0.506 e. The second-order valence-corrected chi connectivity index (χ2v) is 7.21. The van der Waals surface area contributed by atoms with Crippen LogP contribution in [0, 0.1) is 0 Å². The van der Waals surface area contributed by atoms with E-state index in [2.05, 4.69) is 61.4 Å². The molecule has 4 heteroatoms. The smallest absolute Gasteiger partial charge is 0.143 e. The van der Waals surface area contributed by atoms with Crippen LogP contribution in [-0.2, 0) is 19.4 Å². The summed E-state index contributed by atoms with van der Waals surface area (Å²) in [6.07, 6.45) is 3.42. The largest absolute Gasteiger partial charge is 0.506 e. The summed E-state index contributed by atoms with van der Waals surface area (Å²) in [4.78, 5) is 0. The van der Waals surface area contributed by atoms with E-state index >= 15 is 0 Å². The van der Waals surface area contributed by atoms with Crippen molar-refractivity contribution in [2.45, 2.75) is 31.8 Å². The van der Waals surface area contributed by atoms with Crippen molar-refractivity contribution in [2.24, 2.45) is 0 Å². The highest BCUT2D eigenvalue weighted by molar-refractivity contribution is 9.11. The van der Waals surface area contributed by atoms with Crippen molar-refractivity contribution >= 4 is 31.9 Å². The molecule has 0 heterocycles. The fourth-order valence-corrected chi connectivity index (χ4v) is 4.14. The Labute approximate surface area is 141 Å². The Hall–Kier alpha value is -0.840. The molecule has 0 aromatic heterocycles. The first-order valence-corrected chi connectivity index (χ1v) is 8.69. The molecule has 1 aliphatic rings. The fraction of sp³-hybridized carbons (Fsp3) is 0.294. The molecule has 2 N–H and O–H groups in total. The van der Waals surface area contributed by atoms with Crippen LogP contribution in [0.5, 0.6) is 5.75 Å². The first-order valence-electron chi connectivity index (χ1n) is 7.10. The van der Waals surface area contributed by atoms with Crippen molar-refractivity contribution in [1.82, 2.24) is 5.32 Å². The molecule has 0 bridgehead atoms.